The molecule has 1 nitrogen and oxygen atoms in total. The van der Waals surface area contributed by atoms with Gasteiger partial charge < -0.3 is 5.32 Å². The fourth-order valence-electron chi connectivity index (χ4n) is 1.47. The van der Waals surface area contributed by atoms with E-state index in [1.54, 1.807) is 0 Å². The Labute approximate surface area is 93.9 Å². The Morgan fingerprint density at radius 2 is 2.07 bits per heavy atom. The average molecular weight is 218 g/mol. The number of hydrogen-bond donors (Lipinski definition) is 1. The van der Waals surface area contributed by atoms with Crippen LogP contribution in [0.4, 0.5) is 0 Å². The first-order valence-electron chi connectivity index (χ1n) is 5.60. The van der Waals surface area contributed by atoms with E-state index in [0.717, 1.165) is 31.3 Å². The molecule has 0 bridgehead atoms. The van der Waals surface area contributed by atoms with Gasteiger partial charge in [-0.3, -0.25) is 0 Å². The van der Waals surface area contributed by atoms with E-state index >= 15 is 0 Å². The molecule has 0 fully saturated rings. The Morgan fingerprint density at radius 3 is 2.57 bits per heavy atom. The highest BCUT2D eigenvalue weighted by molar-refractivity contribution is 6.17. The van der Waals surface area contributed by atoms with Crippen molar-refractivity contribution in [3.63, 3.8) is 0 Å². The summed E-state index contributed by atoms with van der Waals surface area (Å²) in [6.45, 7) is 8.58. The van der Waals surface area contributed by atoms with Crippen LogP contribution in [0.1, 0.15) is 40.0 Å². The molecule has 14 heavy (non-hydrogen) atoms. The molecule has 84 valence electrons. The highest BCUT2D eigenvalue weighted by Crippen LogP contribution is 2.10. The van der Waals surface area contributed by atoms with E-state index in [9.17, 15) is 0 Å². The molecule has 0 saturated heterocycles. The van der Waals surface area contributed by atoms with Crippen LogP contribution in [0.5, 0.6) is 0 Å². The van der Waals surface area contributed by atoms with Crippen molar-refractivity contribution in [1.29, 1.82) is 0 Å². The summed E-state index contributed by atoms with van der Waals surface area (Å²) in [4.78, 5) is 0. The summed E-state index contributed by atoms with van der Waals surface area (Å²) < 4.78 is 0. The molecule has 0 aromatic rings. The third-order valence-corrected chi connectivity index (χ3v) is 2.52. The molecule has 0 heterocycles. The summed E-state index contributed by atoms with van der Waals surface area (Å²) in [6.07, 6.45) is 5.90. The van der Waals surface area contributed by atoms with Crippen molar-refractivity contribution >= 4 is 11.6 Å². The first kappa shape index (κ1) is 14.0. The van der Waals surface area contributed by atoms with Crippen molar-refractivity contribution in [3.8, 4) is 0 Å². The van der Waals surface area contributed by atoms with Gasteiger partial charge in [-0.15, -0.1) is 11.6 Å². The van der Waals surface area contributed by atoms with Crippen LogP contribution in [0.2, 0.25) is 0 Å². The summed E-state index contributed by atoms with van der Waals surface area (Å²) >= 11 is 5.76. The molecule has 1 N–H and O–H groups in total. The van der Waals surface area contributed by atoms with Crippen molar-refractivity contribution in [2.75, 3.05) is 19.0 Å². The van der Waals surface area contributed by atoms with E-state index < -0.39 is 0 Å². The summed E-state index contributed by atoms with van der Waals surface area (Å²) in [6, 6.07) is 0. The van der Waals surface area contributed by atoms with Gasteiger partial charge in [0.05, 0.1) is 0 Å². The van der Waals surface area contributed by atoms with E-state index in [1.165, 1.54) is 18.4 Å². The van der Waals surface area contributed by atoms with Crippen LogP contribution in [-0.4, -0.2) is 19.0 Å². The number of alkyl halides is 1. The smallest absolute Gasteiger partial charge is 0.0226 e. The highest BCUT2D eigenvalue weighted by Gasteiger charge is 2.05. The zero-order valence-corrected chi connectivity index (χ0v) is 10.5. The predicted molar refractivity (Wildman–Crippen MR) is 66.0 cm³/mol. The summed E-state index contributed by atoms with van der Waals surface area (Å²) in [5, 5.41) is 3.45. The number of allylic oxidation sites excluding steroid dienone is 1. The lowest BCUT2D eigenvalue weighted by Crippen LogP contribution is -2.23. The third-order valence-electron chi connectivity index (χ3n) is 2.30. The molecular formula is C12H24ClN. The van der Waals surface area contributed by atoms with Crippen molar-refractivity contribution in [2.24, 2.45) is 5.92 Å². The number of nitrogens with one attached hydrogen (secondary N) is 1. The monoisotopic (exact) mass is 217 g/mol. The van der Waals surface area contributed by atoms with Crippen LogP contribution in [-0.2, 0) is 0 Å². The fraction of sp³-hybridized carbons (Fsp3) is 0.833. The van der Waals surface area contributed by atoms with Gasteiger partial charge in [0.25, 0.3) is 0 Å². The van der Waals surface area contributed by atoms with Gasteiger partial charge in [-0.05, 0) is 39.2 Å². The second kappa shape index (κ2) is 9.54. The van der Waals surface area contributed by atoms with Crippen LogP contribution >= 0.6 is 11.6 Å². The molecular weight excluding hydrogens is 194 g/mol. The Kier molecular flexibility index (Phi) is 9.53. The minimum Gasteiger partial charge on any atom is -0.313 e. The van der Waals surface area contributed by atoms with E-state index in [4.69, 9.17) is 11.6 Å². The van der Waals surface area contributed by atoms with Gasteiger partial charge in [0.1, 0.15) is 0 Å². The molecule has 1 unspecified atom stereocenters. The maximum absolute atomic E-state index is 5.76. The van der Waals surface area contributed by atoms with Crippen LogP contribution in [0, 0.1) is 5.92 Å². The van der Waals surface area contributed by atoms with Crippen LogP contribution in [0.3, 0.4) is 0 Å². The molecule has 1 atom stereocenters. The van der Waals surface area contributed by atoms with Gasteiger partial charge in [-0.25, -0.2) is 0 Å². The second-order valence-corrected chi connectivity index (χ2v) is 4.45. The van der Waals surface area contributed by atoms with E-state index in [1.807, 2.05) is 0 Å². The quantitative estimate of drug-likeness (QED) is 0.372. The van der Waals surface area contributed by atoms with Crippen molar-refractivity contribution < 1.29 is 0 Å². The molecule has 0 aliphatic heterocycles. The average Bonchev–Trinajstić information content (AvgIpc) is 2.12. The van der Waals surface area contributed by atoms with Crippen LogP contribution < -0.4 is 5.32 Å². The van der Waals surface area contributed by atoms with E-state index in [-0.39, 0.29) is 0 Å². The van der Waals surface area contributed by atoms with E-state index in [2.05, 4.69) is 32.2 Å². The molecule has 0 aromatic carbocycles. The summed E-state index contributed by atoms with van der Waals surface area (Å²) in [5.74, 6) is 1.54. The van der Waals surface area contributed by atoms with Gasteiger partial charge >= 0.3 is 0 Å². The lowest BCUT2D eigenvalue weighted by molar-refractivity contribution is 0.440. The summed E-state index contributed by atoms with van der Waals surface area (Å²) in [5.41, 5.74) is 1.38. The maximum atomic E-state index is 5.76. The van der Waals surface area contributed by atoms with Crippen LogP contribution in [0.25, 0.3) is 0 Å². The standard InChI is InChI=1S/C12H24ClN/c1-4-5-12(6-8-13)10-14-9-7-11(2)3/h7,12,14H,4-6,8-10H2,1-3H3. The predicted octanol–water partition coefficient (Wildman–Crippen LogP) is 3.59. The topological polar surface area (TPSA) is 12.0 Å². The molecule has 0 spiro atoms. The first-order valence-corrected chi connectivity index (χ1v) is 6.14. The SMILES string of the molecule is CCCC(CCCl)CNCC=C(C)C. The Bertz CT molecular complexity index is 144. The summed E-state index contributed by atoms with van der Waals surface area (Å²) in [7, 11) is 0. The zero-order chi connectivity index (χ0) is 10.8. The van der Waals surface area contributed by atoms with Crippen molar-refractivity contribution in [1.82, 2.24) is 5.32 Å². The van der Waals surface area contributed by atoms with Crippen molar-refractivity contribution in [2.45, 2.75) is 40.0 Å². The number of halogens is 1. The van der Waals surface area contributed by atoms with Gasteiger partial charge in [0, 0.05) is 12.4 Å². The molecule has 0 aliphatic carbocycles. The Hall–Kier alpha value is -0.0100. The minimum absolute atomic E-state index is 0.753. The van der Waals surface area contributed by atoms with Gasteiger partial charge in [0.15, 0.2) is 0 Å². The normalized spacial score (nSPS) is 12.6. The minimum atomic E-state index is 0.753. The van der Waals surface area contributed by atoms with Crippen LogP contribution in [0.15, 0.2) is 11.6 Å². The van der Waals surface area contributed by atoms with Gasteiger partial charge in [-0.1, -0.05) is 25.0 Å². The lowest BCUT2D eigenvalue weighted by atomic mass is 10.0. The fourth-order valence-corrected chi connectivity index (χ4v) is 1.78. The second-order valence-electron chi connectivity index (χ2n) is 4.07. The maximum Gasteiger partial charge on any atom is 0.0226 e. The molecule has 0 radical (unpaired) electrons. The third kappa shape index (κ3) is 8.58. The molecule has 0 aliphatic rings. The largest absolute Gasteiger partial charge is 0.313 e. The first-order chi connectivity index (χ1) is 6.70. The number of rotatable bonds is 8. The van der Waals surface area contributed by atoms with Crippen molar-refractivity contribution in [3.05, 3.63) is 11.6 Å². The highest BCUT2D eigenvalue weighted by atomic mass is 35.5. The van der Waals surface area contributed by atoms with E-state index in [0.29, 0.717) is 0 Å². The van der Waals surface area contributed by atoms with Gasteiger partial charge in [-0.2, -0.15) is 0 Å². The molecule has 0 aromatic heterocycles. The van der Waals surface area contributed by atoms with Gasteiger partial charge in [0.2, 0.25) is 0 Å². The number of hydrogen-bond acceptors (Lipinski definition) is 1. The molecule has 0 amide bonds. The molecule has 0 rings (SSSR count). The zero-order valence-electron chi connectivity index (χ0n) is 9.78. The Morgan fingerprint density at radius 1 is 1.36 bits per heavy atom. The molecule has 0 saturated carbocycles. The Balaban J connectivity index is 3.54. The molecule has 2 heteroatoms. The lowest BCUT2D eigenvalue weighted by Gasteiger charge is -2.14.